The molecule has 2 unspecified atom stereocenters. The maximum atomic E-state index is 11.1. The third-order valence-corrected chi connectivity index (χ3v) is 3.12. The average molecular weight is 182 g/mol. The summed E-state index contributed by atoms with van der Waals surface area (Å²) in [5.74, 6) is 1.04. The molecule has 74 valence electrons. The van der Waals surface area contributed by atoms with Gasteiger partial charge in [0.15, 0.2) is 0 Å². The van der Waals surface area contributed by atoms with Crippen LogP contribution in [-0.4, -0.2) is 11.6 Å². The molecule has 0 heterocycles. The second kappa shape index (κ2) is 4.54. The van der Waals surface area contributed by atoms with Crippen LogP contribution in [0.4, 0.5) is 0 Å². The molecule has 0 saturated heterocycles. The Bertz CT molecular complexity index is 186. The first-order valence-electron chi connectivity index (χ1n) is 5.12. The summed E-state index contributed by atoms with van der Waals surface area (Å²) in [5, 5.41) is 0. The van der Waals surface area contributed by atoms with E-state index in [2.05, 4.69) is 0 Å². The van der Waals surface area contributed by atoms with Crippen LogP contribution in [0.15, 0.2) is 0 Å². The molecule has 2 atom stereocenters. The minimum Gasteiger partial charge on any atom is -0.300 e. The fourth-order valence-electron chi connectivity index (χ4n) is 2.11. The summed E-state index contributed by atoms with van der Waals surface area (Å²) in [6.45, 7) is 3.33. The van der Waals surface area contributed by atoms with Gasteiger partial charge in [-0.1, -0.05) is 6.42 Å². The third kappa shape index (κ3) is 2.94. The lowest BCUT2D eigenvalue weighted by atomic mass is 9.94. The van der Waals surface area contributed by atoms with Crippen LogP contribution in [0.5, 0.6) is 0 Å². The first-order chi connectivity index (χ1) is 6.11. The molecule has 1 fully saturated rings. The van der Waals surface area contributed by atoms with Crippen molar-refractivity contribution in [2.45, 2.75) is 46.0 Å². The zero-order chi connectivity index (χ0) is 9.84. The van der Waals surface area contributed by atoms with E-state index in [-0.39, 0.29) is 11.8 Å². The van der Waals surface area contributed by atoms with Gasteiger partial charge in [-0.2, -0.15) is 0 Å². The van der Waals surface area contributed by atoms with Gasteiger partial charge in [0.2, 0.25) is 0 Å². The Morgan fingerprint density at radius 2 is 1.23 bits per heavy atom. The molecule has 0 radical (unpaired) electrons. The van der Waals surface area contributed by atoms with Crippen molar-refractivity contribution in [2.75, 3.05) is 0 Å². The number of hydrogen-bond donors (Lipinski definition) is 0. The molecule has 1 aliphatic rings. The van der Waals surface area contributed by atoms with E-state index in [1.165, 1.54) is 0 Å². The molecule has 1 saturated carbocycles. The highest BCUT2D eigenvalue weighted by Crippen LogP contribution is 2.28. The summed E-state index contributed by atoms with van der Waals surface area (Å²) in [6.07, 6.45) is 4.84. The fraction of sp³-hybridized carbons (Fsp3) is 0.818. The number of ketones is 2. The first-order valence-corrected chi connectivity index (χ1v) is 5.12. The Morgan fingerprint density at radius 1 is 0.846 bits per heavy atom. The highest BCUT2D eigenvalue weighted by Gasteiger charge is 2.23. The molecule has 1 rings (SSSR count). The van der Waals surface area contributed by atoms with E-state index < -0.39 is 0 Å². The van der Waals surface area contributed by atoms with Gasteiger partial charge in [-0.15, -0.1) is 0 Å². The van der Waals surface area contributed by atoms with Crippen molar-refractivity contribution in [2.24, 2.45) is 11.8 Å². The molecule has 0 aromatic rings. The molecule has 0 N–H and O–H groups in total. The number of Topliss-reactive ketones (excluding diaryl/α,β-unsaturated/α-hetero) is 2. The van der Waals surface area contributed by atoms with Crippen molar-refractivity contribution >= 4 is 11.6 Å². The second-order valence-electron chi connectivity index (χ2n) is 4.12. The number of rotatable bonds is 2. The van der Waals surface area contributed by atoms with E-state index in [1.807, 2.05) is 0 Å². The monoisotopic (exact) mass is 182 g/mol. The highest BCUT2D eigenvalue weighted by atomic mass is 16.1. The van der Waals surface area contributed by atoms with Gasteiger partial charge in [-0.05, 0) is 39.5 Å². The summed E-state index contributed by atoms with van der Waals surface area (Å²) >= 11 is 0. The second-order valence-corrected chi connectivity index (χ2v) is 4.12. The van der Waals surface area contributed by atoms with Crippen molar-refractivity contribution in [3.8, 4) is 0 Å². The van der Waals surface area contributed by atoms with Crippen LogP contribution in [0, 0.1) is 11.8 Å². The predicted octanol–water partition coefficient (Wildman–Crippen LogP) is 2.36. The highest BCUT2D eigenvalue weighted by molar-refractivity contribution is 5.79. The van der Waals surface area contributed by atoms with E-state index in [9.17, 15) is 9.59 Å². The van der Waals surface area contributed by atoms with E-state index in [0.29, 0.717) is 11.6 Å². The topological polar surface area (TPSA) is 34.1 Å². The molecule has 0 bridgehead atoms. The van der Waals surface area contributed by atoms with Crippen molar-refractivity contribution in [1.82, 2.24) is 0 Å². The van der Waals surface area contributed by atoms with Gasteiger partial charge < -0.3 is 0 Å². The minimum absolute atomic E-state index is 0.226. The molecular formula is C11H18O2. The molecule has 1 aliphatic carbocycles. The number of carbonyl (C=O) groups excluding carboxylic acids is 2. The molecule has 2 nitrogen and oxygen atoms in total. The average Bonchev–Trinajstić information content (AvgIpc) is 2.27. The standard InChI is InChI=1S/C11H18O2/c1-8(12)10-4-3-5-11(7-6-10)9(2)13/h10-11H,3-7H2,1-2H3. The van der Waals surface area contributed by atoms with Gasteiger partial charge in [0.25, 0.3) is 0 Å². The lowest BCUT2D eigenvalue weighted by molar-refractivity contribution is -0.122. The molecule has 0 aromatic heterocycles. The normalized spacial score (nSPS) is 29.4. The van der Waals surface area contributed by atoms with Crippen LogP contribution >= 0.6 is 0 Å². The predicted molar refractivity (Wildman–Crippen MR) is 51.4 cm³/mol. The zero-order valence-corrected chi connectivity index (χ0v) is 8.51. The number of hydrogen-bond acceptors (Lipinski definition) is 2. The molecule has 2 heteroatoms. The summed E-state index contributed by atoms with van der Waals surface area (Å²) in [4.78, 5) is 22.3. The maximum Gasteiger partial charge on any atom is 0.132 e. The third-order valence-electron chi connectivity index (χ3n) is 3.12. The molecule has 0 aliphatic heterocycles. The van der Waals surface area contributed by atoms with Gasteiger partial charge in [-0.3, -0.25) is 9.59 Å². The minimum atomic E-state index is 0.226. The van der Waals surface area contributed by atoms with Crippen molar-refractivity contribution in [3.63, 3.8) is 0 Å². The van der Waals surface area contributed by atoms with Crippen LogP contribution in [0.25, 0.3) is 0 Å². The summed E-state index contributed by atoms with van der Waals surface area (Å²) < 4.78 is 0. The molecule has 0 aromatic carbocycles. The van der Waals surface area contributed by atoms with Crippen molar-refractivity contribution in [3.05, 3.63) is 0 Å². The molecule has 0 spiro atoms. The van der Waals surface area contributed by atoms with E-state index >= 15 is 0 Å². The summed E-state index contributed by atoms with van der Waals surface area (Å²) in [6, 6.07) is 0. The Morgan fingerprint density at radius 3 is 1.54 bits per heavy atom. The van der Waals surface area contributed by atoms with Crippen LogP contribution in [0.1, 0.15) is 46.0 Å². The van der Waals surface area contributed by atoms with Crippen LogP contribution in [-0.2, 0) is 9.59 Å². The lowest BCUT2D eigenvalue weighted by Gasteiger charge is -2.10. The molecular weight excluding hydrogens is 164 g/mol. The van der Waals surface area contributed by atoms with Crippen LogP contribution in [0.2, 0.25) is 0 Å². The largest absolute Gasteiger partial charge is 0.300 e. The molecule has 13 heavy (non-hydrogen) atoms. The Hall–Kier alpha value is -0.660. The van der Waals surface area contributed by atoms with Crippen molar-refractivity contribution in [1.29, 1.82) is 0 Å². The Labute approximate surface area is 79.7 Å². The Balaban J connectivity index is 2.48. The van der Waals surface area contributed by atoms with Gasteiger partial charge in [0.1, 0.15) is 11.6 Å². The van der Waals surface area contributed by atoms with Crippen LogP contribution in [0.3, 0.4) is 0 Å². The SMILES string of the molecule is CC(=O)C1CCCC(C(C)=O)CC1. The fourth-order valence-corrected chi connectivity index (χ4v) is 2.11. The van der Waals surface area contributed by atoms with Crippen LogP contribution < -0.4 is 0 Å². The number of carbonyl (C=O) groups is 2. The Kier molecular flexibility index (Phi) is 3.64. The van der Waals surface area contributed by atoms with E-state index in [1.54, 1.807) is 13.8 Å². The summed E-state index contributed by atoms with van der Waals surface area (Å²) in [5.41, 5.74) is 0. The molecule has 0 amide bonds. The van der Waals surface area contributed by atoms with E-state index in [4.69, 9.17) is 0 Å². The lowest BCUT2D eigenvalue weighted by Crippen LogP contribution is -2.11. The quantitative estimate of drug-likeness (QED) is 0.614. The van der Waals surface area contributed by atoms with Gasteiger partial charge in [-0.25, -0.2) is 0 Å². The van der Waals surface area contributed by atoms with Gasteiger partial charge in [0.05, 0.1) is 0 Å². The smallest absolute Gasteiger partial charge is 0.132 e. The van der Waals surface area contributed by atoms with Gasteiger partial charge in [0, 0.05) is 11.8 Å². The zero-order valence-electron chi connectivity index (χ0n) is 8.51. The summed E-state index contributed by atoms with van der Waals surface area (Å²) in [7, 11) is 0. The van der Waals surface area contributed by atoms with Gasteiger partial charge >= 0.3 is 0 Å². The maximum absolute atomic E-state index is 11.1. The van der Waals surface area contributed by atoms with Crippen molar-refractivity contribution < 1.29 is 9.59 Å². The van der Waals surface area contributed by atoms with E-state index in [0.717, 1.165) is 32.1 Å². The first kappa shape index (κ1) is 10.4.